The van der Waals surface area contributed by atoms with Crippen molar-refractivity contribution in [1.29, 1.82) is 0 Å². The molecule has 0 aliphatic carbocycles. The Kier molecular flexibility index (Phi) is 8.90. The van der Waals surface area contributed by atoms with E-state index in [0.29, 0.717) is 30.5 Å². The Balaban J connectivity index is 1.53. The first-order valence-corrected chi connectivity index (χ1v) is 15.8. The maximum absolute atomic E-state index is 14.0. The van der Waals surface area contributed by atoms with E-state index in [9.17, 15) is 9.59 Å². The minimum atomic E-state index is -0.289. The lowest BCUT2D eigenvalue weighted by Gasteiger charge is -2.24. The van der Waals surface area contributed by atoms with Crippen LogP contribution in [0.2, 0.25) is 0 Å². The highest BCUT2D eigenvalue weighted by molar-refractivity contribution is 8.00. The van der Waals surface area contributed by atoms with E-state index in [-0.39, 0.29) is 35.5 Å². The molecule has 1 fully saturated rings. The van der Waals surface area contributed by atoms with Crippen molar-refractivity contribution >= 4 is 29.4 Å². The second-order valence-corrected chi connectivity index (χ2v) is 12.0. The molecule has 3 aromatic carbocycles. The van der Waals surface area contributed by atoms with Crippen LogP contribution < -0.4 is 19.7 Å². The first-order chi connectivity index (χ1) is 21.5. The van der Waals surface area contributed by atoms with Gasteiger partial charge in [0.25, 0.3) is 0 Å². The summed E-state index contributed by atoms with van der Waals surface area (Å²) in [6.07, 6.45) is 1.90. The molecular formula is C34H36N4O5S. The molecular weight excluding hydrogens is 576 g/mol. The number of carbonyl (C=O) groups is 2. The standard InChI is InChI=1S/C34H36N4O5S/c1-22-9-7-12-25(17-22)38-34-31(32(36-38)23-10-5-4-6-11-23)33(24-14-15-27(41-2)28(18-24)42-3)44-21-30(40)37(34)20-29(39)35-19-26-13-8-16-43-26/h4-7,9-12,14-15,17-18,26,33H,8,13,16,19-21H2,1-3H3,(H,35,39)/t26-,33-/m0/s1. The van der Waals surface area contributed by atoms with Crippen molar-refractivity contribution in [3.05, 3.63) is 89.5 Å². The van der Waals surface area contributed by atoms with E-state index in [2.05, 4.69) is 5.32 Å². The zero-order chi connectivity index (χ0) is 30.6. The number of hydrogen-bond acceptors (Lipinski definition) is 7. The van der Waals surface area contributed by atoms with Gasteiger partial charge in [0, 0.05) is 24.3 Å². The number of nitrogens with zero attached hydrogens (tertiary/aromatic N) is 3. The Hall–Kier alpha value is -4.28. The molecule has 0 spiro atoms. The molecule has 1 saturated heterocycles. The van der Waals surface area contributed by atoms with Gasteiger partial charge in [-0.2, -0.15) is 5.10 Å². The molecule has 228 valence electrons. The molecule has 0 saturated carbocycles. The third-order valence-electron chi connectivity index (χ3n) is 7.95. The summed E-state index contributed by atoms with van der Waals surface area (Å²) >= 11 is 1.51. The fourth-order valence-corrected chi connectivity index (χ4v) is 6.97. The van der Waals surface area contributed by atoms with Crippen molar-refractivity contribution < 1.29 is 23.8 Å². The number of nitrogens with one attached hydrogen (secondary N) is 1. The molecule has 0 bridgehead atoms. The lowest BCUT2D eigenvalue weighted by atomic mass is 9.99. The van der Waals surface area contributed by atoms with Gasteiger partial charge in [0.1, 0.15) is 12.4 Å². The Labute approximate surface area is 261 Å². The summed E-state index contributed by atoms with van der Waals surface area (Å²) in [5, 5.41) is 7.88. The van der Waals surface area contributed by atoms with Crippen molar-refractivity contribution in [2.45, 2.75) is 31.1 Å². The summed E-state index contributed by atoms with van der Waals surface area (Å²) in [5.74, 6) is 1.56. The van der Waals surface area contributed by atoms with Crippen molar-refractivity contribution in [1.82, 2.24) is 15.1 Å². The summed E-state index contributed by atoms with van der Waals surface area (Å²) in [7, 11) is 3.22. The number of benzene rings is 3. The summed E-state index contributed by atoms with van der Waals surface area (Å²) in [6, 6.07) is 23.8. The predicted molar refractivity (Wildman–Crippen MR) is 172 cm³/mol. The van der Waals surface area contributed by atoms with Crippen LogP contribution in [-0.2, 0) is 14.3 Å². The quantitative estimate of drug-likeness (QED) is 0.273. The number of thioether (sulfide) groups is 1. The van der Waals surface area contributed by atoms with Crippen LogP contribution in [0.3, 0.4) is 0 Å². The van der Waals surface area contributed by atoms with Gasteiger partial charge in [0.15, 0.2) is 11.5 Å². The van der Waals surface area contributed by atoms with E-state index in [1.165, 1.54) is 11.8 Å². The van der Waals surface area contributed by atoms with Crippen LogP contribution in [0, 0.1) is 6.92 Å². The number of carbonyl (C=O) groups excluding carboxylic acids is 2. The first kappa shape index (κ1) is 29.8. The summed E-state index contributed by atoms with van der Waals surface area (Å²) in [5.41, 5.74) is 5.31. The summed E-state index contributed by atoms with van der Waals surface area (Å²) in [6.45, 7) is 3.02. The van der Waals surface area contributed by atoms with E-state index in [1.54, 1.807) is 19.1 Å². The Bertz CT molecular complexity index is 1650. The van der Waals surface area contributed by atoms with Gasteiger partial charge < -0.3 is 19.5 Å². The number of amides is 2. The Morgan fingerprint density at radius 2 is 1.86 bits per heavy atom. The molecule has 0 radical (unpaired) electrons. The molecule has 2 atom stereocenters. The fraction of sp³-hybridized carbons (Fsp3) is 0.324. The number of methoxy groups -OCH3 is 2. The predicted octanol–water partition coefficient (Wildman–Crippen LogP) is 5.33. The van der Waals surface area contributed by atoms with Crippen LogP contribution in [0.4, 0.5) is 5.82 Å². The van der Waals surface area contributed by atoms with E-state index in [1.807, 2.05) is 84.4 Å². The van der Waals surface area contributed by atoms with Gasteiger partial charge in [0.2, 0.25) is 11.8 Å². The van der Waals surface area contributed by atoms with E-state index < -0.39 is 0 Å². The van der Waals surface area contributed by atoms with E-state index in [4.69, 9.17) is 19.3 Å². The minimum Gasteiger partial charge on any atom is -0.493 e. The molecule has 1 aromatic heterocycles. The third kappa shape index (κ3) is 6.05. The largest absolute Gasteiger partial charge is 0.493 e. The molecule has 2 amide bonds. The molecule has 10 heteroatoms. The number of rotatable bonds is 9. The lowest BCUT2D eigenvalue weighted by Crippen LogP contribution is -2.44. The zero-order valence-corrected chi connectivity index (χ0v) is 25.9. The second-order valence-electron chi connectivity index (χ2n) is 10.9. The molecule has 0 unspecified atom stereocenters. The average molecular weight is 613 g/mol. The van der Waals surface area contributed by atoms with Crippen LogP contribution in [0.5, 0.6) is 11.5 Å². The summed E-state index contributed by atoms with van der Waals surface area (Å²) < 4.78 is 18.7. The van der Waals surface area contributed by atoms with Crippen molar-refractivity contribution in [3.63, 3.8) is 0 Å². The maximum atomic E-state index is 14.0. The molecule has 1 N–H and O–H groups in total. The van der Waals surface area contributed by atoms with Gasteiger partial charge in [-0.05, 0) is 55.2 Å². The molecule has 9 nitrogen and oxygen atoms in total. The van der Waals surface area contributed by atoms with Gasteiger partial charge >= 0.3 is 0 Å². The molecule has 44 heavy (non-hydrogen) atoms. The smallest absolute Gasteiger partial charge is 0.240 e. The SMILES string of the molecule is COc1ccc([C@@H]2SCC(=O)N(CC(=O)NC[C@@H]3CCCO3)c3c2c(-c2ccccc2)nn3-c2cccc(C)c2)cc1OC. The van der Waals surface area contributed by atoms with Crippen molar-refractivity contribution in [2.24, 2.45) is 0 Å². The zero-order valence-electron chi connectivity index (χ0n) is 25.1. The molecule has 4 aromatic rings. The number of ether oxygens (including phenoxy) is 3. The summed E-state index contributed by atoms with van der Waals surface area (Å²) in [4.78, 5) is 29.0. The second kappa shape index (κ2) is 13.2. The molecule has 6 rings (SSSR count). The Morgan fingerprint density at radius 3 is 2.59 bits per heavy atom. The van der Waals surface area contributed by atoms with Crippen LogP contribution >= 0.6 is 11.8 Å². The van der Waals surface area contributed by atoms with E-state index in [0.717, 1.165) is 46.5 Å². The maximum Gasteiger partial charge on any atom is 0.240 e. The Morgan fingerprint density at radius 1 is 1.05 bits per heavy atom. The number of aromatic nitrogens is 2. The highest BCUT2D eigenvalue weighted by atomic mass is 32.2. The topological polar surface area (TPSA) is 94.9 Å². The van der Waals surface area contributed by atoms with Crippen molar-refractivity contribution in [3.8, 4) is 28.4 Å². The van der Waals surface area contributed by atoms with Crippen LogP contribution in [0.15, 0.2) is 72.8 Å². The molecule has 2 aliphatic heterocycles. The average Bonchev–Trinajstić information content (AvgIpc) is 3.69. The van der Waals surface area contributed by atoms with Crippen LogP contribution in [-0.4, -0.2) is 67.4 Å². The van der Waals surface area contributed by atoms with Gasteiger partial charge in [-0.3, -0.25) is 14.5 Å². The van der Waals surface area contributed by atoms with Gasteiger partial charge in [0.05, 0.1) is 42.7 Å². The highest BCUT2D eigenvalue weighted by Crippen LogP contribution is 2.49. The highest BCUT2D eigenvalue weighted by Gasteiger charge is 2.38. The number of anilines is 1. The number of hydrogen-bond donors (Lipinski definition) is 1. The third-order valence-corrected chi connectivity index (χ3v) is 9.20. The fourth-order valence-electron chi connectivity index (χ4n) is 5.78. The minimum absolute atomic E-state index is 0.00170. The van der Waals surface area contributed by atoms with Gasteiger partial charge in [-0.25, -0.2) is 4.68 Å². The first-order valence-electron chi connectivity index (χ1n) is 14.7. The lowest BCUT2D eigenvalue weighted by molar-refractivity contribution is -0.123. The molecule has 2 aliphatic rings. The van der Waals surface area contributed by atoms with Crippen molar-refractivity contribution in [2.75, 3.05) is 44.6 Å². The van der Waals surface area contributed by atoms with E-state index >= 15 is 0 Å². The number of aryl methyl sites for hydroxylation is 1. The monoisotopic (exact) mass is 612 g/mol. The van der Waals surface area contributed by atoms with Crippen LogP contribution in [0.25, 0.3) is 16.9 Å². The van der Waals surface area contributed by atoms with Crippen LogP contribution in [0.1, 0.15) is 34.8 Å². The van der Waals surface area contributed by atoms with Gasteiger partial charge in [-0.1, -0.05) is 48.5 Å². The van der Waals surface area contributed by atoms with Gasteiger partial charge in [-0.15, -0.1) is 11.8 Å². The molecule has 3 heterocycles. The number of fused-ring (bicyclic) bond motifs is 1. The normalized spacial score (nSPS) is 18.1.